The molecule has 0 fully saturated rings. The molecule has 1 aromatic carbocycles. The van der Waals surface area contributed by atoms with Crippen molar-refractivity contribution < 1.29 is 13.2 Å². The quantitative estimate of drug-likeness (QED) is 0.766. The lowest BCUT2D eigenvalue weighted by molar-refractivity contribution is -0.114. The Hall–Kier alpha value is -1.66. The normalized spacial score (nSPS) is 12.5. The number of nitrogens with two attached hydrogens (primary N) is 1. The van der Waals surface area contributed by atoms with Gasteiger partial charge >= 0.3 is 0 Å². The van der Waals surface area contributed by atoms with Gasteiger partial charge in [0, 0.05) is 5.57 Å². The molecular weight excluding hydrogens is 240 g/mol. The number of nitrogens with one attached hydrogen (secondary N) is 1. The summed E-state index contributed by atoms with van der Waals surface area (Å²) in [6, 6.07) is 6.37. The fourth-order valence-corrected chi connectivity index (χ4v) is 2.17. The maximum atomic E-state index is 11.7. The lowest BCUT2D eigenvalue weighted by Crippen LogP contribution is -2.19. The van der Waals surface area contributed by atoms with Gasteiger partial charge in [-0.15, -0.1) is 0 Å². The first-order valence-corrected chi connectivity index (χ1v) is 6.37. The maximum absolute atomic E-state index is 11.7. The van der Waals surface area contributed by atoms with Crippen molar-refractivity contribution in [3.63, 3.8) is 0 Å². The number of rotatable bonds is 4. The third kappa shape index (κ3) is 3.15. The van der Waals surface area contributed by atoms with Crippen LogP contribution in [0.5, 0.6) is 0 Å². The molecule has 0 unspecified atom stereocenters. The van der Waals surface area contributed by atoms with Crippen LogP contribution in [0.1, 0.15) is 12.5 Å². The van der Waals surface area contributed by atoms with Crippen LogP contribution in [0.25, 0.3) is 6.08 Å². The Balaban J connectivity index is 3.37. The number of sulfonamides is 1. The molecule has 0 saturated heterocycles. The van der Waals surface area contributed by atoms with E-state index in [2.05, 4.69) is 4.72 Å². The summed E-state index contributed by atoms with van der Waals surface area (Å²) < 4.78 is 25.7. The Labute approximate surface area is 100 Å². The summed E-state index contributed by atoms with van der Waals surface area (Å²) in [6.45, 7) is 1.53. The predicted molar refractivity (Wildman–Crippen MR) is 65.5 cm³/mol. The van der Waals surface area contributed by atoms with Crippen molar-refractivity contribution in [1.29, 1.82) is 0 Å². The molecule has 0 atom stereocenters. The molecule has 0 aliphatic heterocycles. The van der Waals surface area contributed by atoms with Gasteiger partial charge in [-0.1, -0.05) is 18.2 Å². The highest BCUT2D eigenvalue weighted by molar-refractivity contribution is 7.89. The molecule has 17 heavy (non-hydrogen) atoms. The summed E-state index contributed by atoms with van der Waals surface area (Å²) in [5.41, 5.74) is 5.83. The zero-order valence-electron chi connectivity index (χ0n) is 9.60. The van der Waals surface area contributed by atoms with E-state index >= 15 is 0 Å². The van der Waals surface area contributed by atoms with Crippen molar-refractivity contribution in [3.8, 4) is 0 Å². The van der Waals surface area contributed by atoms with Gasteiger partial charge in [0.15, 0.2) is 0 Å². The van der Waals surface area contributed by atoms with Crippen LogP contribution in [-0.4, -0.2) is 21.4 Å². The highest BCUT2D eigenvalue weighted by Gasteiger charge is 2.14. The van der Waals surface area contributed by atoms with Gasteiger partial charge in [0.2, 0.25) is 15.9 Å². The Morgan fingerprint density at radius 3 is 2.47 bits per heavy atom. The van der Waals surface area contributed by atoms with Crippen LogP contribution in [0.2, 0.25) is 0 Å². The molecule has 6 heteroatoms. The first-order valence-electron chi connectivity index (χ1n) is 4.89. The number of amides is 1. The van der Waals surface area contributed by atoms with Gasteiger partial charge < -0.3 is 5.73 Å². The van der Waals surface area contributed by atoms with Gasteiger partial charge in [-0.05, 0) is 31.7 Å². The van der Waals surface area contributed by atoms with Gasteiger partial charge in [0.25, 0.3) is 0 Å². The molecule has 0 aliphatic carbocycles. The Bertz CT molecular complexity index is 562. The fraction of sp³-hybridized carbons (Fsp3) is 0.182. The zero-order chi connectivity index (χ0) is 13.1. The minimum Gasteiger partial charge on any atom is -0.366 e. The van der Waals surface area contributed by atoms with Crippen LogP contribution in [0.3, 0.4) is 0 Å². The van der Waals surface area contributed by atoms with Crippen LogP contribution < -0.4 is 10.5 Å². The van der Waals surface area contributed by atoms with Crippen molar-refractivity contribution in [2.75, 3.05) is 7.05 Å². The van der Waals surface area contributed by atoms with E-state index < -0.39 is 15.9 Å². The predicted octanol–water partition coefficient (Wildman–Crippen LogP) is 0.483. The molecule has 0 heterocycles. The van der Waals surface area contributed by atoms with E-state index in [0.717, 1.165) is 0 Å². The first kappa shape index (κ1) is 13.4. The van der Waals surface area contributed by atoms with E-state index in [1.54, 1.807) is 18.2 Å². The van der Waals surface area contributed by atoms with Crippen LogP contribution in [0, 0.1) is 0 Å². The number of hydrogen-bond acceptors (Lipinski definition) is 3. The van der Waals surface area contributed by atoms with Crippen molar-refractivity contribution in [2.24, 2.45) is 5.73 Å². The summed E-state index contributed by atoms with van der Waals surface area (Å²) >= 11 is 0. The van der Waals surface area contributed by atoms with E-state index in [1.165, 1.54) is 26.1 Å². The summed E-state index contributed by atoms with van der Waals surface area (Å²) in [5, 5.41) is 0. The third-order valence-electron chi connectivity index (χ3n) is 2.24. The second-order valence-corrected chi connectivity index (χ2v) is 5.29. The number of carbonyl (C=O) groups excluding carboxylic acids is 1. The SMILES string of the molecule is CNS(=O)(=O)c1ccccc1/C=C(\C)C(N)=O. The number of primary amides is 1. The molecular formula is C11H14N2O3S. The highest BCUT2D eigenvalue weighted by Crippen LogP contribution is 2.17. The van der Waals surface area contributed by atoms with E-state index in [9.17, 15) is 13.2 Å². The molecule has 0 saturated carbocycles. The second-order valence-electron chi connectivity index (χ2n) is 3.44. The molecule has 1 rings (SSSR count). The molecule has 0 bridgehead atoms. The van der Waals surface area contributed by atoms with Gasteiger partial charge in [-0.3, -0.25) is 4.79 Å². The summed E-state index contributed by atoms with van der Waals surface area (Å²) in [5.74, 6) is -0.582. The van der Waals surface area contributed by atoms with Gasteiger partial charge in [0.05, 0.1) is 4.90 Å². The molecule has 1 amide bonds. The van der Waals surface area contributed by atoms with Crippen LogP contribution in [-0.2, 0) is 14.8 Å². The monoisotopic (exact) mass is 254 g/mol. The molecule has 92 valence electrons. The second kappa shape index (κ2) is 5.11. The maximum Gasteiger partial charge on any atom is 0.244 e. The number of hydrogen-bond donors (Lipinski definition) is 2. The molecule has 0 aromatic heterocycles. The van der Waals surface area contributed by atoms with E-state index in [0.29, 0.717) is 11.1 Å². The van der Waals surface area contributed by atoms with Crippen LogP contribution >= 0.6 is 0 Å². The van der Waals surface area contributed by atoms with Crippen molar-refractivity contribution >= 4 is 22.0 Å². The summed E-state index contributed by atoms with van der Waals surface area (Å²) in [7, 11) is -2.22. The Morgan fingerprint density at radius 1 is 1.35 bits per heavy atom. The van der Waals surface area contributed by atoms with Crippen LogP contribution in [0.15, 0.2) is 34.7 Å². The molecule has 5 nitrogen and oxygen atoms in total. The minimum absolute atomic E-state index is 0.114. The van der Waals surface area contributed by atoms with E-state index in [1.807, 2.05) is 0 Å². The number of carbonyl (C=O) groups is 1. The topological polar surface area (TPSA) is 89.3 Å². The van der Waals surface area contributed by atoms with Gasteiger partial charge in [-0.25, -0.2) is 13.1 Å². The van der Waals surface area contributed by atoms with Gasteiger partial charge in [0.1, 0.15) is 0 Å². The molecule has 0 radical (unpaired) electrons. The van der Waals surface area contributed by atoms with E-state index in [4.69, 9.17) is 5.73 Å². The van der Waals surface area contributed by atoms with Crippen LogP contribution in [0.4, 0.5) is 0 Å². The first-order chi connectivity index (χ1) is 7.88. The highest BCUT2D eigenvalue weighted by atomic mass is 32.2. The summed E-state index contributed by atoms with van der Waals surface area (Å²) in [6.07, 6.45) is 1.45. The largest absolute Gasteiger partial charge is 0.366 e. The number of benzene rings is 1. The Kier molecular flexibility index (Phi) is 4.03. The lowest BCUT2D eigenvalue weighted by Gasteiger charge is -2.06. The fourth-order valence-electron chi connectivity index (χ4n) is 1.26. The standard InChI is InChI=1S/C11H14N2O3S/c1-8(11(12)14)7-9-5-3-4-6-10(9)17(15,16)13-2/h3-7,13H,1-2H3,(H2,12,14)/b8-7+. The van der Waals surface area contributed by atoms with Crippen molar-refractivity contribution in [1.82, 2.24) is 4.72 Å². The van der Waals surface area contributed by atoms with Crippen molar-refractivity contribution in [2.45, 2.75) is 11.8 Å². The zero-order valence-corrected chi connectivity index (χ0v) is 10.4. The smallest absolute Gasteiger partial charge is 0.244 e. The van der Waals surface area contributed by atoms with E-state index in [-0.39, 0.29) is 4.90 Å². The molecule has 3 N–H and O–H groups in total. The molecule has 0 aliphatic rings. The van der Waals surface area contributed by atoms with Crippen molar-refractivity contribution in [3.05, 3.63) is 35.4 Å². The summed E-state index contributed by atoms with van der Waals surface area (Å²) in [4.78, 5) is 11.0. The average Bonchev–Trinajstić information content (AvgIpc) is 2.29. The average molecular weight is 254 g/mol. The minimum atomic E-state index is -3.55. The van der Waals surface area contributed by atoms with Gasteiger partial charge in [-0.2, -0.15) is 0 Å². The Morgan fingerprint density at radius 2 is 1.94 bits per heavy atom. The molecule has 1 aromatic rings. The lowest BCUT2D eigenvalue weighted by atomic mass is 10.1. The molecule has 0 spiro atoms. The third-order valence-corrected chi connectivity index (χ3v) is 3.73.